The maximum Gasteiger partial charge on any atom is 0.471 e. The second kappa shape index (κ2) is 9.16. The first-order valence-electron chi connectivity index (χ1n) is 15.3. The van der Waals surface area contributed by atoms with Gasteiger partial charge in [0.05, 0.1) is 5.57 Å². The van der Waals surface area contributed by atoms with Crippen molar-refractivity contribution < 1.29 is 27.6 Å². The van der Waals surface area contributed by atoms with Crippen LogP contribution in [0.3, 0.4) is 0 Å². The molecule has 9 atom stereocenters. The molecule has 5 aliphatic rings. The monoisotopic (exact) mass is 574 g/mol. The number of amides is 1. The minimum absolute atomic E-state index is 0.00625. The van der Waals surface area contributed by atoms with Crippen molar-refractivity contribution >= 4 is 17.5 Å². The van der Waals surface area contributed by atoms with Crippen LogP contribution in [0.1, 0.15) is 93.4 Å². The highest BCUT2D eigenvalue weighted by Gasteiger charge is 2.71. The van der Waals surface area contributed by atoms with E-state index in [9.17, 15) is 32.8 Å². The lowest BCUT2D eigenvalue weighted by Gasteiger charge is -2.71. The van der Waals surface area contributed by atoms with Crippen molar-refractivity contribution in [2.45, 2.75) is 99.6 Å². The van der Waals surface area contributed by atoms with Gasteiger partial charge in [-0.05, 0) is 89.8 Å². The molecule has 0 radical (unpaired) electrons. The summed E-state index contributed by atoms with van der Waals surface area (Å²) in [5.74, 6) is -1.91. The Labute approximate surface area is 242 Å². The zero-order valence-electron chi connectivity index (χ0n) is 25.5. The van der Waals surface area contributed by atoms with Crippen molar-refractivity contribution in [2.24, 2.45) is 62.6 Å². The van der Waals surface area contributed by atoms with Crippen LogP contribution in [-0.2, 0) is 14.4 Å². The number of allylic oxidation sites excluding steroid dienone is 2. The Morgan fingerprint density at radius 1 is 0.976 bits per heavy atom. The molecule has 1 amide bonds. The normalized spacial score (nSPS) is 44.8. The molecule has 41 heavy (non-hydrogen) atoms. The SMILES string of the molecule is CC1(C)CC(CNC(=O)C(F)(F)F)[C@H]2CC[C@]3(C)[C@H](C(=O)CC4[C@@]5(C)C=C(C#N)C(=O)C(C)(C)C5CC[C@]43C)[C@H]2C1. The van der Waals surface area contributed by atoms with Crippen molar-refractivity contribution in [3.8, 4) is 6.07 Å². The molecular formula is C33H45F3N2O3. The fourth-order valence-corrected chi connectivity index (χ4v) is 11.4. The Morgan fingerprint density at radius 2 is 1.61 bits per heavy atom. The third-order valence-corrected chi connectivity index (χ3v) is 13.2. The average molecular weight is 575 g/mol. The molecule has 4 fully saturated rings. The molecule has 5 rings (SSSR count). The number of nitrogens with one attached hydrogen (secondary N) is 1. The van der Waals surface area contributed by atoms with Crippen molar-refractivity contribution in [2.75, 3.05) is 6.54 Å². The number of nitriles is 1. The van der Waals surface area contributed by atoms with Gasteiger partial charge in [0, 0.05) is 24.3 Å². The molecule has 0 aromatic heterocycles. The van der Waals surface area contributed by atoms with Crippen LogP contribution in [0.2, 0.25) is 0 Å². The third kappa shape index (κ3) is 4.26. The fraction of sp³-hybridized carbons (Fsp3) is 0.818. The molecule has 5 aliphatic carbocycles. The largest absolute Gasteiger partial charge is 0.471 e. The lowest BCUT2D eigenvalue weighted by molar-refractivity contribution is -0.214. The Balaban J connectivity index is 1.51. The minimum Gasteiger partial charge on any atom is -0.348 e. The highest BCUT2D eigenvalue weighted by atomic mass is 19.4. The van der Waals surface area contributed by atoms with E-state index in [0.29, 0.717) is 12.8 Å². The summed E-state index contributed by atoms with van der Waals surface area (Å²) >= 11 is 0. The molecule has 226 valence electrons. The molecule has 0 bridgehead atoms. The van der Waals surface area contributed by atoms with E-state index >= 15 is 0 Å². The topological polar surface area (TPSA) is 87.0 Å². The summed E-state index contributed by atoms with van der Waals surface area (Å²) in [6, 6.07) is 2.16. The number of Topliss-reactive ketones (excluding diaryl/α,β-unsaturated/α-hetero) is 2. The summed E-state index contributed by atoms with van der Waals surface area (Å²) in [5.41, 5.74) is -1.60. The molecule has 4 saturated carbocycles. The number of nitrogens with zero attached hydrogens (tertiary/aromatic N) is 1. The number of carbonyl (C=O) groups excluding carboxylic acids is 3. The average Bonchev–Trinajstić information content (AvgIpc) is 2.84. The van der Waals surface area contributed by atoms with Gasteiger partial charge in [-0.25, -0.2) is 0 Å². The van der Waals surface area contributed by atoms with Crippen LogP contribution in [0, 0.1) is 73.9 Å². The van der Waals surface area contributed by atoms with Crippen LogP contribution in [0.4, 0.5) is 13.2 Å². The number of rotatable bonds is 2. The Morgan fingerprint density at radius 3 is 2.22 bits per heavy atom. The number of carbonyl (C=O) groups is 3. The van der Waals surface area contributed by atoms with Crippen LogP contribution >= 0.6 is 0 Å². The predicted molar refractivity (Wildman–Crippen MR) is 148 cm³/mol. The first-order chi connectivity index (χ1) is 18.7. The van der Waals surface area contributed by atoms with Gasteiger partial charge in [-0.3, -0.25) is 14.4 Å². The molecule has 0 aromatic carbocycles. The highest BCUT2D eigenvalue weighted by molar-refractivity contribution is 6.04. The highest BCUT2D eigenvalue weighted by Crippen LogP contribution is 2.74. The van der Waals surface area contributed by atoms with Gasteiger partial charge in [-0.2, -0.15) is 18.4 Å². The molecule has 0 saturated heterocycles. The van der Waals surface area contributed by atoms with Gasteiger partial charge >= 0.3 is 12.1 Å². The summed E-state index contributed by atoms with van der Waals surface area (Å²) in [5, 5.41) is 12.0. The summed E-state index contributed by atoms with van der Waals surface area (Å²) in [6.07, 6.45) is 2.31. The summed E-state index contributed by atoms with van der Waals surface area (Å²) < 4.78 is 38.9. The Kier molecular flexibility index (Phi) is 6.77. The van der Waals surface area contributed by atoms with Gasteiger partial charge in [-0.15, -0.1) is 0 Å². The van der Waals surface area contributed by atoms with E-state index in [-0.39, 0.29) is 75.4 Å². The Bertz CT molecular complexity index is 1240. The first kappa shape index (κ1) is 30.3. The lowest BCUT2D eigenvalue weighted by atomic mass is 9.32. The second-order valence-corrected chi connectivity index (χ2v) is 16.1. The maximum absolute atomic E-state index is 14.4. The summed E-state index contributed by atoms with van der Waals surface area (Å²) in [6.45, 7) is 14.9. The molecular weight excluding hydrogens is 529 g/mol. The van der Waals surface area contributed by atoms with Crippen LogP contribution in [0.25, 0.3) is 0 Å². The molecule has 0 heterocycles. The van der Waals surface area contributed by atoms with Gasteiger partial charge < -0.3 is 5.32 Å². The van der Waals surface area contributed by atoms with E-state index in [1.54, 1.807) is 0 Å². The number of hydrogen-bond donors (Lipinski definition) is 1. The summed E-state index contributed by atoms with van der Waals surface area (Å²) in [7, 11) is 0. The van der Waals surface area contributed by atoms with Crippen LogP contribution in [0.5, 0.6) is 0 Å². The van der Waals surface area contributed by atoms with E-state index in [1.165, 1.54) is 0 Å². The van der Waals surface area contributed by atoms with E-state index in [2.05, 4.69) is 46.0 Å². The number of hydrogen-bond acceptors (Lipinski definition) is 4. The van der Waals surface area contributed by atoms with Crippen LogP contribution in [-0.4, -0.2) is 30.2 Å². The zero-order chi connectivity index (χ0) is 30.6. The van der Waals surface area contributed by atoms with E-state index < -0.39 is 22.9 Å². The zero-order valence-corrected chi connectivity index (χ0v) is 25.5. The first-order valence-corrected chi connectivity index (χ1v) is 15.3. The van der Waals surface area contributed by atoms with Gasteiger partial charge in [-0.1, -0.05) is 54.5 Å². The van der Waals surface area contributed by atoms with Crippen molar-refractivity contribution in [3.63, 3.8) is 0 Å². The second-order valence-electron chi connectivity index (χ2n) is 16.1. The third-order valence-electron chi connectivity index (χ3n) is 13.2. The standard InChI is InChI=1S/C33H45F3N2O3/c1-28(2)13-19(17-38-27(41)33(34,35)36)20-8-10-32(7)25(21(20)15-28)22(39)12-24-30(5)14-18(16-37)26(40)29(3,4)23(30)9-11-31(24,32)6/h14,19-21,23-25H,8-13,15,17H2,1-7H3,(H,38,41)/t19?,20-,21+,23?,24?,25+,30+,31-,32-/m1/s1. The number of fused-ring (bicyclic) bond motifs is 7. The smallest absolute Gasteiger partial charge is 0.348 e. The number of halogens is 3. The molecule has 1 N–H and O–H groups in total. The Hall–Kier alpha value is -2.17. The minimum atomic E-state index is -4.91. The van der Waals surface area contributed by atoms with E-state index in [4.69, 9.17) is 0 Å². The lowest BCUT2D eigenvalue weighted by Crippen LogP contribution is -2.68. The van der Waals surface area contributed by atoms with Crippen LogP contribution in [0.15, 0.2) is 11.6 Å². The molecule has 0 aromatic rings. The van der Waals surface area contributed by atoms with Gasteiger partial charge in [0.15, 0.2) is 5.78 Å². The van der Waals surface area contributed by atoms with E-state index in [0.717, 1.165) is 32.1 Å². The molecule has 5 nitrogen and oxygen atoms in total. The molecule has 0 aliphatic heterocycles. The predicted octanol–water partition coefficient (Wildman–Crippen LogP) is 6.82. The number of ketones is 2. The van der Waals surface area contributed by atoms with Crippen molar-refractivity contribution in [1.82, 2.24) is 5.32 Å². The van der Waals surface area contributed by atoms with Gasteiger partial charge in [0.25, 0.3) is 0 Å². The van der Waals surface area contributed by atoms with Gasteiger partial charge in [0.2, 0.25) is 0 Å². The molecule has 3 unspecified atom stereocenters. The molecule has 0 spiro atoms. The molecule has 8 heteroatoms. The maximum atomic E-state index is 14.4. The van der Waals surface area contributed by atoms with E-state index in [1.807, 2.05) is 19.9 Å². The van der Waals surface area contributed by atoms with Crippen molar-refractivity contribution in [1.29, 1.82) is 5.26 Å². The summed E-state index contributed by atoms with van der Waals surface area (Å²) in [4.78, 5) is 39.3. The van der Waals surface area contributed by atoms with Crippen LogP contribution < -0.4 is 5.32 Å². The van der Waals surface area contributed by atoms with Crippen molar-refractivity contribution in [3.05, 3.63) is 11.6 Å². The van der Waals surface area contributed by atoms with Gasteiger partial charge in [0.1, 0.15) is 11.9 Å². The number of alkyl halides is 3. The quantitative estimate of drug-likeness (QED) is 0.392. The fourth-order valence-electron chi connectivity index (χ4n) is 11.4.